The zero-order valence-electron chi connectivity index (χ0n) is 15.1. The largest absolute Gasteiger partial charge is 0.375 e. The summed E-state index contributed by atoms with van der Waals surface area (Å²) in [5, 5.41) is 3.82. The highest BCUT2D eigenvalue weighted by Crippen LogP contribution is 2.49. The van der Waals surface area contributed by atoms with Crippen molar-refractivity contribution in [3.63, 3.8) is 0 Å². The second-order valence-corrected chi connectivity index (χ2v) is 8.59. The molecule has 1 aliphatic heterocycles. The van der Waals surface area contributed by atoms with E-state index in [0.29, 0.717) is 11.5 Å². The van der Waals surface area contributed by atoms with Gasteiger partial charge in [0.05, 0.1) is 5.60 Å². The van der Waals surface area contributed by atoms with Gasteiger partial charge in [0, 0.05) is 12.6 Å². The van der Waals surface area contributed by atoms with Crippen LogP contribution >= 0.6 is 0 Å². The molecule has 0 spiro atoms. The van der Waals surface area contributed by atoms with Gasteiger partial charge in [-0.2, -0.15) is 0 Å². The minimum atomic E-state index is 0.0414. The molecule has 2 heteroatoms. The highest BCUT2D eigenvalue weighted by molar-refractivity contribution is 5.17. The fourth-order valence-corrected chi connectivity index (χ4v) is 4.25. The highest BCUT2D eigenvalue weighted by Gasteiger charge is 2.41. The molecule has 0 amide bonds. The van der Waals surface area contributed by atoms with Gasteiger partial charge >= 0.3 is 0 Å². The lowest BCUT2D eigenvalue weighted by Gasteiger charge is -2.37. The molecule has 0 bridgehead atoms. The van der Waals surface area contributed by atoms with Crippen molar-refractivity contribution in [3.05, 3.63) is 35.9 Å². The van der Waals surface area contributed by atoms with Crippen LogP contribution in [0.25, 0.3) is 0 Å². The first-order chi connectivity index (χ1) is 11.0. The average Bonchev–Trinajstić information content (AvgIpc) is 3.32. The van der Waals surface area contributed by atoms with Crippen LogP contribution in [0.3, 0.4) is 0 Å². The molecule has 0 unspecified atom stereocenters. The van der Waals surface area contributed by atoms with Gasteiger partial charge in [0.2, 0.25) is 0 Å². The summed E-state index contributed by atoms with van der Waals surface area (Å²) in [4.78, 5) is 0. The molecule has 3 rings (SSSR count). The summed E-state index contributed by atoms with van der Waals surface area (Å²) >= 11 is 0. The van der Waals surface area contributed by atoms with Gasteiger partial charge < -0.3 is 10.1 Å². The molecule has 1 saturated heterocycles. The lowest BCUT2D eigenvalue weighted by molar-refractivity contribution is -0.0630. The van der Waals surface area contributed by atoms with Gasteiger partial charge in [0.15, 0.2) is 0 Å². The number of benzene rings is 1. The van der Waals surface area contributed by atoms with Crippen molar-refractivity contribution >= 4 is 0 Å². The number of rotatable bonds is 7. The van der Waals surface area contributed by atoms with E-state index in [2.05, 4.69) is 56.4 Å². The predicted octanol–water partition coefficient (Wildman–Crippen LogP) is 4.58. The average molecular weight is 316 g/mol. The summed E-state index contributed by atoms with van der Waals surface area (Å²) < 4.78 is 5.83. The summed E-state index contributed by atoms with van der Waals surface area (Å²) in [6, 6.07) is 11.7. The normalized spacial score (nSPS) is 26.7. The fraction of sp³-hybridized carbons (Fsp3) is 0.714. The molecular weight excluding hydrogens is 282 g/mol. The van der Waals surface area contributed by atoms with Crippen LogP contribution < -0.4 is 5.32 Å². The first-order valence-electron chi connectivity index (χ1n) is 9.38. The Morgan fingerprint density at radius 2 is 1.91 bits per heavy atom. The van der Waals surface area contributed by atoms with Crippen LogP contribution in [0.2, 0.25) is 0 Å². The summed E-state index contributed by atoms with van der Waals surface area (Å²) in [5.41, 5.74) is 1.99. The van der Waals surface area contributed by atoms with Crippen molar-refractivity contribution in [1.82, 2.24) is 5.32 Å². The van der Waals surface area contributed by atoms with E-state index in [0.717, 1.165) is 31.9 Å². The molecule has 1 aromatic carbocycles. The van der Waals surface area contributed by atoms with Crippen LogP contribution in [0.1, 0.15) is 58.4 Å². The van der Waals surface area contributed by atoms with Gasteiger partial charge in [-0.3, -0.25) is 0 Å². The summed E-state index contributed by atoms with van der Waals surface area (Å²) in [6.45, 7) is 8.97. The highest BCUT2D eigenvalue weighted by atomic mass is 16.5. The fourth-order valence-electron chi connectivity index (χ4n) is 4.25. The van der Waals surface area contributed by atoms with Crippen LogP contribution in [0, 0.1) is 11.3 Å². The van der Waals surface area contributed by atoms with E-state index in [-0.39, 0.29) is 5.60 Å². The smallest absolute Gasteiger partial charge is 0.0641 e. The van der Waals surface area contributed by atoms with Gasteiger partial charge in [0.25, 0.3) is 0 Å². The molecule has 1 saturated carbocycles. The maximum atomic E-state index is 5.83. The molecular formula is C21H33NO. The number of hydrogen-bond acceptors (Lipinski definition) is 2. The van der Waals surface area contributed by atoms with Crippen LogP contribution in [0.5, 0.6) is 0 Å². The van der Waals surface area contributed by atoms with Crippen molar-refractivity contribution in [3.8, 4) is 0 Å². The Hall–Kier alpha value is -0.860. The Balaban J connectivity index is 1.51. The minimum absolute atomic E-state index is 0.0414. The van der Waals surface area contributed by atoms with E-state index in [4.69, 9.17) is 4.74 Å². The predicted molar refractivity (Wildman–Crippen MR) is 96.6 cm³/mol. The van der Waals surface area contributed by atoms with Crippen molar-refractivity contribution < 1.29 is 4.74 Å². The molecule has 1 N–H and O–H groups in total. The van der Waals surface area contributed by atoms with E-state index in [1.807, 2.05) is 0 Å². The molecule has 23 heavy (non-hydrogen) atoms. The van der Waals surface area contributed by atoms with Crippen LogP contribution in [0.4, 0.5) is 0 Å². The molecule has 1 heterocycles. The Bertz CT molecular complexity index is 494. The molecule has 2 fully saturated rings. The van der Waals surface area contributed by atoms with E-state index in [9.17, 15) is 0 Å². The number of nitrogens with one attached hydrogen (secondary N) is 1. The third-order valence-corrected chi connectivity index (χ3v) is 5.84. The molecule has 0 radical (unpaired) electrons. The molecule has 128 valence electrons. The van der Waals surface area contributed by atoms with Gasteiger partial charge in [-0.25, -0.2) is 0 Å². The van der Waals surface area contributed by atoms with E-state index >= 15 is 0 Å². The quantitative estimate of drug-likeness (QED) is 0.795. The monoisotopic (exact) mass is 315 g/mol. The minimum Gasteiger partial charge on any atom is -0.375 e. The van der Waals surface area contributed by atoms with Gasteiger partial charge in [-0.15, -0.1) is 0 Å². The van der Waals surface area contributed by atoms with Gasteiger partial charge in [-0.05, 0) is 75.8 Å². The topological polar surface area (TPSA) is 21.3 Å². The molecule has 2 nitrogen and oxygen atoms in total. The Kier molecular flexibility index (Phi) is 5.13. The number of hydrogen-bond donors (Lipinski definition) is 1. The lowest BCUT2D eigenvalue weighted by Crippen LogP contribution is -2.44. The van der Waals surface area contributed by atoms with Crippen molar-refractivity contribution in [2.24, 2.45) is 11.3 Å². The van der Waals surface area contributed by atoms with Crippen LogP contribution in [-0.4, -0.2) is 24.8 Å². The molecule has 1 aliphatic carbocycles. The SMILES string of the molecule is CC1(C)C[C@@H](NCC[C@@](C)(Cc2ccccc2)C2CC2)CCO1. The third kappa shape index (κ3) is 4.81. The molecule has 2 atom stereocenters. The van der Waals surface area contributed by atoms with Crippen molar-refractivity contribution in [2.45, 2.75) is 70.9 Å². The maximum Gasteiger partial charge on any atom is 0.0641 e. The zero-order chi connectivity index (χ0) is 16.3. The molecule has 2 aliphatic rings. The third-order valence-electron chi connectivity index (χ3n) is 5.84. The van der Waals surface area contributed by atoms with Gasteiger partial charge in [-0.1, -0.05) is 37.3 Å². The maximum absolute atomic E-state index is 5.83. The van der Waals surface area contributed by atoms with E-state index in [1.165, 1.54) is 31.2 Å². The zero-order valence-corrected chi connectivity index (χ0v) is 15.1. The number of ether oxygens (including phenoxy) is 1. The first kappa shape index (κ1) is 17.0. The first-order valence-corrected chi connectivity index (χ1v) is 9.38. The summed E-state index contributed by atoms with van der Waals surface area (Å²) in [7, 11) is 0. The second kappa shape index (κ2) is 6.94. The Morgan fingerprint density at radius 1 is 1.17 bits per heavy atom. The molecule has 0 aromatic heterocycles. The second-order valence-electron chi connectivity index (χ2n) is 8.59. The summed E-state index contributed by atoms with van der Waals surface area (Å²) in [6.07, 6.45) is 7.64. The van der Waals surface area contributed by atoms with Crippen LogP contribution in [-0.2, 0) is 11.2 Å². The Labute approximate surface area is 142 Å². The van der Waals surface area contributed by atoms with Crippen molar-refractivity contribution in [2.75, 3.05) is 13.2 Å². The standard InChI is InChI=1S/C21H33NO/c1-20(2)16-19(11-14-23-20)22-13-12-21(3,18-9-10-18)15-17-7-5-4-6-8-17/h4-8,18-19,22H,9-16H2,1-3H3/t19-,21-/m0/s1. The molecule has 1 aromatic rings. The van der Waals surface area contributed by atoms with E-state index < -0.39 is 0 Å². The van der Waals surface area contributed by atoms with Crippen molar-refractivity contribution in [1.29, 1.82) is 0 Å². The lowest BCUT2D eigenvalue weighted by atomic mass is 9.76. The summed E-state index contributed by atoms with van der Waals surface area (Å²) in [5.74, 6) is 0.927. The Morgan fingerprint density at radius 3 is 2.57 bits per heavy atom. The van der Waals surface area contributed by atoms with Gasteiger partial charge in [0.1, 0.15) is 0 Å². The van der Waals surface area contributed by atoms with E-state index in [1.54, 1.807) is 0 Å². The van der Waals surface area contributed by atoms with Crippen LogP contribution in [0.15, 0.2) is 30.3 Å².